The molecule has 0 bridgehead atoms. The first kappa shape index (κ1) is 22.0. The summed E-state index contributed by atoms with van der Waals surface area (Å²) in [6, 6.07) is 9.06. The monoisotopic (exact) mass is 433 g/mol. The van der Waals surface area contributed by atoms with Gasteiger partial charge in [-0.1, -0.05) is 36.8 Å². The van der Waals surface area contributed by atoms with Crippen molar-refractivity contribution in [2.24, 2.45) is 0 Å². The maximum absolute atomic E-state index is 13.4. The third kappa shape index (κ3) is 4.24. The van der Waals surface area contributed by atoms with E-state index in [0.717, 1.165) is 30.6 Å². The van der Waals surface area contributed by atoms with E-state index in [4.69, 9.17) is 0 Å². The van der Waals surface area contributed by atoms with Crippen LogP contribution in [0.1, 0.15) is 62.9 Å². The molecule has 7 heteroatoms. The summed E-state index contributed by atoms with van der Waals surface area (Å²) in [7, 11) is 0. The smallest absolute Gasteiger partial charge is 0.278 e. The Morgan fingerprint density at radius 3 is 2.62 bits per heavy atom. The number of nitrogens with one attached hydrogen (secondary N) is 1. The number of carbonyl (C=O) groups excluding carboxylic acids is 1. The Morgan fingerprint density at radius 2 is 1.94 bits per heavy atom. The van der Waals surface area contributed by atoms with Gasteiger partial charge in [0.15, 0.2) is 0 Å². The maximum atomic E-state index is 13.4. The Bertz CT molecular complexity index is 1210. The highest BCUT2D eigenvalue weighted by molar-refractivity contribution is 5.84. The van der Waals surface area contributed by atoms with E-state index in [1.165, 1.54) is 23.1 Å². The first-order chi connectivity index (χ1) is 15.5. The number of benzene rings is 1. The van der Waals surface area contributed by atoms with Crippen molar-refractivity contribution in [2.45, 2.75) is 65.3 Å². The number of allylic oxidation sites excluding steroid dienone is 1. The number of carbonyl (C=O) groups is 1. The highest BCUT2D eigenvalue weighted by Gasteiger charge is 2.25. The van der Waals surface area contributed by atoms with Gasteiger partial charge in [-0.3, -0.25) is 9.59 Å². The lowest BCUT2D eigenvalue weighted by Crippen LogP contribution is -2.39. The minimum Gasteiger partial charge on any atom is -0.354 e. The third-order valence-corrected chi connectivity index (χ3v) is 6.25. The zero-order chi connectivity index (χ0) is 22.7. The van der Waals surface area contributed by atoms with Crippen molar-refractivity contribution in [1.29, 1.82) is 0 Å². The molecule has 1 atom stereocenters. The molecule has 0 spiro atoms. The summed E-state index contributed by atoms with van der Waals surface area (Å²) in [5.41, 5.74) is 3.98. The van der Waals surface area contributed by atoms with Gasteiger partial charge in [-0.15, -0.1) is 0 Å². The molecular formula is C25H31N5O2. The average molecular weight is 434 g/mol. The van der Waals surface area contributed by atoms with Gasteiger partial charge >= 0.3 is 0 Å². The van der Waals surface area contributed by atoms with E-state index in [1.54, 1.807) is 4.68 Å². The second kappa shape index (κ2) is 9.51. The fraction of sp³-hybridized carbons (Fsp3) is 0.440. The molecule has 1 N–H and O–H groups in total. The molecule has 0 unspecified atom stereocenters. The van der Waals surface area contributed by atoms with Gasteiger partial charge in [-0.25, -0.2) is 9.36 Å². The normalized spacial score (nSPS) is 14.9. The lowest BCUT2D eigenvalue weighted by molar-refractivity contribution is -0.124. The molecule has 0 radical (unpaired) electrons. The van der Waals surface area contributed by atoms with E-state index in [2.05, 4.69) is 21.6 Å². The second-order valence-corrected chi connectivity index (χ2v) is 8.46. The number of fused-ring (bicyclic) bond motifs is 1. The Balaban J connectivity index is 1.63. The van der Waals surface area contributed by atoms with Gasteiger partial charge in [0.05, 0.1) is 22.5 Å². The summed E-state index contributed by atoms with van der Waals surface area (Å²) >= 11 is 0. The minimum absolute atomic E-state index is 0.162. The fourth-order valence-corrected chi connectivity index (χ4v) is 4.48. The zero-order valence-corrected chi connectivity index (χ0v) is 19.1. The highest BCUT2D eigenvalue weighted by Crippen LogP contribution is 2.22. The van der Waals surface area contributed by atoms with Crippen molar-refractivity contribution in [3.05, 3.63) is 63.7 Å². The molecule has 32 heavy (non-hydrogen) atoms. The molecule has 0 aliphatic heterocycles. The van der Waals surface area contributed by atoms with Gasteiger partial charge in [0.1, 0.15) is 11.6 Å². The number of aryl methyl sites for hydroxylation is 2. The quantitative estimate of drug-likeness (QED) is 0.568. The summed E-state index contributed by atoms with van der Waals surface area (Å²) in [5.74, 6) is -0.162. The van der Waals surface area contributed by atoms with Crippen LogP contribution in [0.2, 0.25) is 0 Å². The van der Waals surface area contributed by atoms with Crippen molar-refractivity contribution >= 4 is 16.8 Å². The Kier molecular flexibility index (Phi) is 6.53. The summed E-state index contributed by atoms with van der Waals surface area (Å²) in [4.78, 5) is 26.4. The minimum atomic E-state index is -0.648. The molecule has 7 nitrogen and oxygen atoms in total. The van der Waals surface area contributed by atoms with Crippen molar-refractivity contribution in [3.8, 4) is 5.69 Å². The Labute approximate surface area is 188 Å². The largest absolute Gasteiger partial charge is 0.354 e. The summed E-state index contributed by atoms with van der Waals surface area (Å²) in [5, 5.41) is 12.7. The number of nitrogens with zero attached hydrogens (tertiary/aromatic N) is 4. The zero-order valence-electron chi connectivity index (χ0n) is 19.1. The molecule has 0 fully saturated rings. The molecule has 3 aromatic rings. The number of rotatable bonds is 7. The standard InChI is InChI=1S/C25H31N5O2/c1-4-21(24(31)26-16-15-19-11-7-5-8-12-19)30-25(32)22-18(3)29(20-13-9-6-10-14-20)28-23(22)17(2)27-30/h6,9-11,13-14,21H,4-5,7-8,12,15-16H2,1-3H3,(H,26,31)/t21-/m1/s1. The Hall–Kier alpha value is -3.22. The SMILES string of the molecule is CC[C@H](C(=O)NCCC1=CCCCC1)n1nc(C)c2nn(-c3ccccc3)c(C)c2c1=O. The van der Waals surface area contributed by atoms with Crippen LogP contribution >= 0.6 is 0 Å². The van der Waals surface area contributed by atoms with Crippen molar-refractivity contribution in [3.63, 3.8) is 0 Å². The van der Waals surface area contributed by atoms with E-state index in [0.29, 0.717) is 29.6 Å². The van der Waals surface area contributed by atoms with Crippen LogP contribution in [0.3, 0.4) is 0 Å². The lowest BCUT2D eigenvalue weighted by Gasteiger charge is -2.18. The number of hydrogen-bond acceptors (Lipinski definition) is 4. The van der Waals surface area contributed by atoms with Crippen LogP contribution in [0.25, 0.3) is 16.6 Å². The Morgan fingerprint density at radius 1 is 1.16 bits per heavy atom. The van der Waals surface area contributed by atoms with Crippen LogP contribution in [-0.4, -0.2) is 32.0 Å². The molecule has 4 rings (SSSR count). The van der Waals surface area contributed by atoms with E-state index in [1.807, 2.05) is 51.1 Å². The lowest BCUT2D eigenvalue weighted by atomic mass is 9.97. The molecule has 1 aliphatic rings. The van der Waals surface area contributed by atoms with E-state index in [-0.39, 0.29) is 11.5 Å². The number of para-hydroxylation sites is 1. The molecule has 1 aromatic carbocycles. The van der Waals surface area contributed by atoms with Gasteiger partial charge in [-0.2, -0.15) is 10.2 Å². The molecule has 2 heterocycles. The second-order valence-electron chi connectivity index (χ2n) is 8.46. The summed E-state index contributed by atoms with van der Waals surface area (Å²) in [6.07, 6.45) is 8.38. The first-order valence-electron chi connectivity index (χ1n) is 11.5. The molecule has 0 saturated heterocycles. The molecule has 1 aliphatic carbocycles. The predicted molar refractivity (Wildman–Crippen MR) is 126 cm³/mol. The van der Waals surface area contributed by atoms with E-state index < -0.39 is 6.04 Å². The van der Waals surface area contributed by atoms with E-state index >= 15 is 0 Å². The van der Waals surface area contributed by atoms with Crippen molar-refractivity contribution < 1.29 is 4.79 Å². The van der Waals surface area contributed by atoms with Crippen molar-refractivity contribution in [2.75, 3.05) is 6.54 Å². The van der Waals surface area contributed by atoms with Crippen LogP contribution < -0.4 is 10.9 Å². The van der Waals surface area contributed by atoms with Crippen LogP contribution in [0, 0.1) is 13.8 Å². The van der Waals surface area contributed by atoms with Crippen LogP contribution in [0.4, 0.5) is 0 Å². The molecule has 168 valence electrons. The van der Waals surface area contributed by atoms with Crippen LogP contribution in [0.15, 0.2) is 46.8 Å². The maximum Gasteiger partial charge on any atom is 0.278 e. The van der Waals surface area contributed by atoms with Gasteiger partial charge < -0.3 is 5.32 Å². The first-order valence-corrected chi connectivity index (χ1v) is 11.5. The predicted octanol–water partition coefficient (Wildman–Crippen LogP) is 4.16. The number of hydrogen-bond donors (Lipinski definition) is 1. The molecular weight excluding hydrogens is 402 g/mol. The third-order valence-electron chi connectivity index (χ3n) is 6.25. The van der Waals surface area contributed by atoms with Gasteiger partial charge in [0.25, 0.3) is 5.56 Å². The average Bonchev–Trinajstić information content (AvgIpc) is 3.17. The summed E-state index contributed by atoms with van der Waals surface area (Å²) < 4.78 is 3.11. The molecule has 1 amide bonds. The van der Waals surface area contributed by atoms with Crippen LogP contribution in [-0.2, 0) is 4.79 Å². The molecule has 0 saturated carbocycles. The van der Waals surface area contributed by atoms with E-state index in [9.17, 15) is 9.59 Å². The van der Waals surface area contributed by atoms with Gasteiger partial charge in [0, 0.05) is 6.54 Å². The van der Waals surface area contributed by atoms with Gasteiger partial charge in [-0.05, 0) is 64.5 Å². The summed E-state index contributed by atoms with van der Waals surface area (Å²) in [6.45, 7) is 6.20. The topological polar surface area (TPSA) is 81.8 Å². The van der Waals surface area contributed by atoms with Gasteiger partial charge in [0.2, 0.25) is 5.91 Å². The number of aromatic nitrogens is 4. The van der Waals surface area contributed by atoms with Crippen LogP contribution in [0.5, 0.6) is 0 Å². The molecule has 2 aromatic heterocycles. The number of amides is 1. The van der Waals surface area contributed by atoms with Crippen molar-refractivity contribution in [1.82, 2.24) is 24.9 Å². The highest BCUT2D eigenvalue weighted by atomic mass is 16.2. The fourth-order valence-electron chi connectivity index (χ4n) is 4.48.